The molecule has 0 aromatic heterocycles. The van der Waals surface area contributed by atoms with Gasteiger partial charge in [-0.05, 0) is 98.6 Å². The molecule has 0 aliphatic carbocycles. The number of halogens is 1. The number of nitrogens with zero attached hydrogens (tertiary/aromatic N) is 1. The molecule has 33 heavy (non-hydrogen) atoms. The lowest BCUT2D eigenvalue weighted by Crippen LogP contribution is -2.35. The molecule has 1 amide bonds. The van der Waals surface area contributed by atoms with Crippen LogP contribution in [0, 0.1) is 0 Å². The number of methoxy groups -OCH3 is 1. The van der Waals surface area contributed by atoms with E-state index in [2.05, 4.69) is 5.32 Å². The molecular weight excluding hydrogens is 436 g/mol. The number of carbonyl (C=O) groups is 1. The van der Waals surface area contributed by atoms with Crippen LogP contribution in [-0.4, -0.2) is 32.2 Å². The first-order valence-electron chi connectivity index (χ1n) is 11.3. The highest BCUT2D eigenvalue weighted by Gasteiger charge is 2.20. The summed E-state index contributed by atoms with van der Waals surface area (Å²) in [5.41, 5.74) is 2.05. The molecule has 0 spiro atoms. The Balaban J connectivity index is 1.51. The molecule has 0 radical (unpaired) electrons. The number of piperidine rings is 1. The van der Waals surface area contributed by atoms with Gasteiger partial charge in [-0.2, -0.15) is 0 Å². The van der Waals surface area contributed by atoms with Gasteiger partial charge in [-0.25, -0.2) is 0 Å². The molecular formula is C27H29ClN2O3. The summed E-state index contributed by atoms with van der Waals surface area (Å²) >= 11 is 6.02. The van der Waals surface area contributed by atoms with Gasteiger partial charge in [0.1, 0.15) is 11.5 Å². The molecule has 6 heteroatoms. The third-order valence-electron chi connectivity index (χ3n) is 5.87. The van der Waals surface area contributed by atoms with E-state index in [9.17, 15) is 4.79 Å². The molecule has 1 atom stereocenters. The van der Waals surface area contributed by atoms with Crippen molar-refractivity contribution < 1.29 is 14.3 Å². The Hall–Kier alpha value is -3.02. The van der Waals surface area contributed by atoms with Gasteiger partial charge in [-0.1, -0.05) is 18.0 Å². The molecule has 3 aromatic carbocycles. The summed E-state index contributed by atoms with van der Waals surface area (Å²) < 4.78 is 11.2. The highest BCUT2D eigenvalue weighted by Crippen LogP contribution is 2.31. The summed E-state index contributed by atoms with van der Waals surface area (Å²) in [6.45, 7) is 1.77. The molecule has 1 N–H and O–H groups in total. The van der Waals surface area contributed by atoms with Crippen molar-refractivity contribution in [1.29, 1.82) is 0 Å². The van der Waals surface area contributed by atoms with Gasteiger partial charge in [-0.15, -0.1) is 0 Å². The second-order valence-electron chi connectivity index (χ2n) is 8.12. The van der Waals surface area contributed by atoms with Gasteiger partial charge in [0.25, 0.3) is 5.91 Å². The van der Waals surface area contributed by atoms with Crippen LogP contribution < -0.4 is 19.7 Å². The minimum absolute atomic E-state index is 0.145. The molecule has 1 aliphatic rings. The molecule has 5 nitrogen and oxygen atoms in total. The fraction of sp³-hybridized carbons (Fsp3) is 0.296. The van der Waals surface area contributed by atoms with Crippen LogP contribution in [0.4, 0.5) is 11.4 Å². The molecule has 0 saturated carbocycles. The summed E-state index contributed by atoms with van der Waals surface area (Å²) in [7, 11) is 1.62. The zero-order chi connectivity index (χ0) is 23.0. The van der Waals surface area contributed by atoms with Crippen LogP contribution in [0.25, 0.3) is 0 Å². The van der Waals surface area contributed by atoms with Crippen molar-refractivity contribution in [2.24, 2.45) is 0 Å². The van der Waals surface area contributed by atoms with E-state index in [1.807, 2.05) is 48.5 Å². The number of ether oxygens (including phenoxy) is 2. The summed E-state index contributed by atoms with van der Waals surface area (Å²) in [5, 5.41) is 4.14. The van der Waals surface area contributed by atoms with Crippen molar-refractivity contribution in [2.45, 2.75) is 31.7 Å². The first-order valence-corrected chi connectivity index (χ1v) is 11.7. The van der Waals surface area contributed by atoms with E-state index < -0.39 is 0 Å². The van der Waals surface area contributed by atoms with E-state index in [1.165, 1.54) is 19.3 Å². The first-order chi connectivity index (χ1) is 16.1. The predicted molar refractivity (Wildman–Crippen MR) is 133 cm³/mol. The third-order valence-corrected chi connectivity index (χ3v) is 6.12. The highest BCUT2D eigenvalue weighted by molar-refractivity contribution is 6.30. The molecule has 1 unspecified atom stereocenters. The van der Waals surface area contributed by atoms with Gasteiger partial charge in [0, 0.05) is 28.0 Å². The van der Waals surface area contributed by atoms with Crippen molar-refractivity contribution in [1.82, 2.24) is 5.32 Å². The first kappa shape index (κ1) is 23.1. The summed E-state index contributed by atoms with van der Waals surface area (Å²) in [5.74, 6) is 1.38. The van der Waals surface area contributed by atoms with Gasteiger partial charge in [0.15, 0.2) is 0 Å². The zero-order valence-corrected chi connectivity index (χ0v) is 19.6. The summed E-state index contributed by atoms with van der Waals surface area (Å²) in [6, 6.07) is 22.5. The Morgan fingerprint density at radius 3 is 2.15 bits per heavy atom. The largest absolute Gasteiger partial charge is 0.497 e. The van der Waals surface area contributed by atoms with Gasteiger partial charge in [-0.3, -0.25) is 9.69 Å². The number of amides is 1. The number of rotatable bonds is 8. The van der Waals surface area contributed by atoms with E-state index in [0.29, 0.717) is 23.2 Å². The van der Waals surface area contributed by atoms with E-state index in [0.717, 1.165) is 35.8 Å². The van der Waals surface area contributed by atoms with Gasteiger partial charge >= 0.3 is 0 Å². The van der Waals surface area contributed by atoms with Crippen molar-refractivity contribution in [2.75, 3.05) is 25.2 Å². The van der Waals surface area contributed by atoms with Crippen LogP contribution in [0.2, 0.25) is 5.02 Å². The number of anilines is 2. The second kappa shape index (κ2) is 11.2. The minimum Gasteiger partial charge on any atom is -0.497 e. The summed E-state index contributed by atoms with van der Waals surface area (Å²) in [4.78, 5) is 15.1. The fourth-order valence-corrected chi connectivity index (χ4v) is 4.14. The Labute approximate surface area is 200 Å². The molecule has 1 fully saturated rings. The maximum atomic E-state index is 13.5. The Morgan fingerprint density at radius 1 is 0.939 bits per heavy atom. The molecule has 172 valence electrons. The number of nitrogens with one attached hydrogen (secondary N) is 1. The van der Waals surface area contributed by atoms with E-state index >= 15 is 0 Å². The molecule has 0 bridgehead atoms. The molecule has 1 heterocycles. The van der Waals surface area contributed by atoms with Crippen molar-refractivity contribution in [3.8, 4) is 11.5 Å². The zero-order valence-electron chi connectivity index (χ0n) is 18.8. The van der Waals surface area contributed by atoms with Gasteiger partial charge in [0.05, 0.1) is 13.7 Å². The van der Waals surface area contributed by atoms with Crippen LogP contribution >= 0.6 is 11.6 Å². The third kappa shape index (κ3) is 6.06. The predicted octanol–water partition coefficient (Wildman–Crippen LogP) is 6.24. The average molecular weight is 465 g/mol. The molecule has 3 aromatic rings. The van der Waals surface area contributed by atoms with E-state index in [-0.39, 0.29) is 5.91 Å². The van der Waals surface area contributed by atoms with Gasteiger partial charge < -0.3 is 14.8 Å². The Bertz CT molecular complexity index is 1030. The lowest BCUT2D eigenvalue weighted by molar-refractivity contribution is 0.0999. The van der Waals surface area contributed by atoms with Gasteiger partial charge in [0.2, 0.25) is 0 Å². The van der Waals surface area contributed by atoms with E-state index in [4.69, 9.17) is 21.1 Å². The molecule has 1 aliphatic heterocycles. The monoisotopic (exact) mass is 464 g/mol. The maximum Gasteiger partial charge on any atom is 0.262 e. The lowest BCUT2D eigenvalue weighted by Gasteiger charge is -2.24. The topological polar surface area (TPSA) is 50.8 Å². The second-order valence-corrected chi connectivity index (χ2v) is 8.56. The van der Waals surface area contributed by atoms with Crippen molar-refractivity contribution >= 4 is 28.9 Å². The van der Waals surface area contributed by atoms with Crippen LogP contribution in [0.15, 0.2) is 72.8 Å². The van der Waals surface area contributed by atoms with E-state index in [1.54, 1.807) is 36.3 Å². The summed E-state index contributed by atoms with van der Waals surface area (Å²) in [6.07, 6.45) is 4.76. The van der Waals surface area contributed by atoms with Crippen LogP contribution in [-0.2, 0) is 0 Å². The minimum atomic E-state index is -0.145. The smallest absolute Gasteiger partial charge is 0.262 e. The maximum absolute atomic E-state index is 13.5. The van der Waals surface area contributed by atoms with Crippen LogP contribution in [0.1, 0.15) is 36.0 Å². The highest BCUT2D eigenvalue weighted by atomic mass is 35.5. The van der Waals surface area contributed by atoms with Crippen molar-refractivity contribution in [3.05, 3.63) is 83.4 Å². The normalized spacial score (nSPS) is 15.6. The Morgan fingerprint density at radius 2 is 1.58 bits per heavy atom. The van der Waals surface area contributed by atoms with Crippen molar-refractivity contribution in [3.63, 3.8) is 0 Å². The standard InChI is InChI=1S/C27H29ClN2O3/c1-32-25-13-9-23(10-14-25)30(27(31)20-5-7-21(28)8-6-20)24-11-15-26(16-12-24)33-19-17-22-4-2-3-18-29-22/h5-16,22,29H,2-4,17-19H2,1H3. The SMILES string of the molecule is COc1ccc(N(C(=O)c2ccc(Cl)cc2)c2ccc(OCCC3CCCCN3)cc2)cc1. The van der Waals surface area contributed by atoms with Crippen LogP contribution in [0.5, 0.6) is 11.5 Å². The number of carbonyl (C=O) groups excluding carboxylic acids is 1. The van der Waals surface area contributed by atoms with Crippen LogP contribution in [0.3, 0.4) is 0 Å². The molecule has 4 rings (SSSR count). The molecule has 1 saturated heterocycles. The number of hydrogen-bond donors (Lipinski definition) is 1. The average Bonchev–Trinajstić information content (AvgIpc) is 2.86. The quantitative estimate of drug-likeness (QED) is 0.428. The number of hydrogen-bond acceptors (Lipinski definition) is 4. The Kier molecular flexibility index (Phi) is 7.87. The lowest BCUT2D eigenvalue weighted by atomic mass is 10.0. The number of benzene rings is 3. The fourth-order valence-electron chi connectivity index (χ4n) is 4.02.